The summed E-state index contributed by atoms with van der Waals surface area (Å²) in [6, 6.07) is 8.20. The molecule has 0 N–H and O–H groups in total. The van der Waals surface area contributed by atoms with Gasteiger partial charge in [0.05, 0.1) is 5.56 Å². The van der Waals surface area contributed by atoms with Crippen LogP contribution in [0.15, 0.2) is 43.6 Å². The maximum absolute atomic E-state index is 6.01. The summed E-state index contributed by atoms with van der Waals surface area (Å²) in [4.78, 5) is 0. The van der Waals surface area contributed by atoms with E-state index < -0.39 is 0 Å². The fraction of sp³-hybridized carbons (Fsp3) is 0.176. The second-order valence-electron chi connectivity index (χ2n) is 5.23. The predicted molar refractivity (Wildman–Crippen MR) is 83.7 cm³/mol. The molecular weight excluding hydrogens is 316 g/mol. The molecule has 2 aromatic heterocycles. The van der Waals surface area contributed by atoms with Gasteiger partial charge in [-0.15, -0.1) is 0 Å². The van der Waals surface area contributed by atoms with Gasteiger partial charge in [-0.3, -0.25) is 0 Å². The minimum Gasteiger partial charge on any atom is -0.461 e. The van der Waals surface area contributed by atoms with Crippen molar-refractivity contribution < 1.29 is 8.83 Å². The highest BCUT2D eigenvalue weighted by Crippen LogP contribution is 2.43. The minimum absolute atomic E-state index is 0.802. The third-order valence-electron chi connectivity index (χ3n) is 3.82. The fourth-order valence-electron chi connectivity index (χ4n) is 2.86. The molecule has 0 unspecified atom stereocenters. The lowest BCUT2D eigenvalue weighted by Crippen LogP contribution is -1.80. The summed E-state index contributed by atoms with van der Waals surface area (Å²) in [7, 11) is 0. The van der Waals surface area contributed by atoms with Crippen LogP contribution in [-0.2, 0) is 6.42 Å². The lowest BCUT2D eigenvalue weighted by atomic mass is 10.0. The molecule has 1 aliphatic rings. The van der Waals surface area contributed by atoms with Crippen molar-refractivity contribution in [3.63, 3.8) is 0 Å². The van der Waals surface area contributed by atoms with Gasteiger partial charge in [-0.05, 0) is 43.7 Å². The number of furan rings is 2. The van der Waals surface area contributed by atoms with E-state index in [4.69, 9.17) is 8.83 Å². The van der Waals surface area contributed by atoms with Crippen molar-refractivity contribution in [2.75, 3.05) is 0 Å². The molecule has 4 rings (SSSR count). The Morgan fingerprint density at radius 3 is 2.80 bits per heavy atom. The Balaban J connectivity index is 2.14. The van der Waals surface area contributed by atoms with Gasteiger partial charge in [0.15, 0.2) is 0 Å². The molecule has 0 saturated heterocycles. The normalized spacial score (nSPS) is 13.8. The molecule has 0 saturated carbocycles. The molecule has 3 aromatic rings. The Kier molecular flexibility index (Phi) is 2.48. The molecule has 100 valence electrons. The highest BCUT2D eigenvalue weighted by Gasteiger charge is 2.24. The summed E-state index contributed by atoms with van der Waals surface area (Å²) >= 11 is 3.54. The zero-order valence-corrected chi connectivity index (χ0v) is 12.9. The molecule has 0 amide bonds. The van der Waals surface area contributed by atoms with Gasteiger partial charge < -0.3 is 8.83 Å². The Labute approximate surface area is 125 Å². The van der Waals surface area contributed by atoms with Crippen molar-refractivity contribution in [2.24, 2.45) is 0 Å². The van der Waals surface area contributed by atoms with Gasteiger partial charge >= 0.3 is 0 Å². The number of aryl methyl sites for hydroxylation is 1. The van der Waals surface area contributed by atoms with Gasteiger partial charge in [0, 0.05) is 21.8 Å². The molecule has 0 atom stereocenters. The third kappa shape index (κ3) is 1.63. The minimum atomic E-state index is 0.802. The molecule has 20 heavy (non-hydrogen) atoms. The monoisotopic (exact) mass is 328 g/mol. The van der Waals surface area contributed by atoms with Crippen molar-refractivity contribution in [2.45, 2.75) is 20.3 Å². The highest BCUT2D eigenvalue weighted by molar-refractivity contribution is 9.10. The topological polar surface area (TPSA) is 26.3 Å². The van der Waals surface area contributed by atoms with Crippen molar-refractivity contribution in [1.29, 1.82) is 0 Å². The molecule has 0 radical (unpaired) electrons. The quantitative estimate of drug-likeness (QED) is 0.527. The van der Waals surface area contributed by atoms with Gasteiger partial charge in [0.25, 0.3) is 0 Å². The van der Waals surface area contributed by atoms with E-state index in [1.54, 1.807) is 0 Å². The summed E-state index contributed by atoms with van der Waals surface area (Å²) in [5.41, 5.74) is 4.42. The van der Waals surface area contributed by atoms with E-state index in [0.717, 1.165) is 44.7 Å². The molecule has 1 aromatic carbocycles. The number of hydrogen-bond acceptors (Lipinski definition) is 2. The van der Waals surface area contributed by atoms with Crippen molar-refractivity contribution in [3.05, 3.63) is 51.9 Å². The van der Waals surface area contributed by atoms with Crippen LogP contribution in [0.4, 0.5) is 0 Å². The molecule has 2 nitrogen and oxygen atoms in total. The van der Waals surface area contributed by atoms with Crippen LogP contribution in [0.2, 0.25) is 0 Å². The maximum atomic E-state index is 6.01. The Hall–Kier alpha value is -1.74. The zero-order chi connectivity index (χ0) is 13.9. The van der Waals surface area contributed by atoms with E-state index >= 15 is 0 Å². The molecule has 0 fully saturated rings. The molecule has 0 aliphatic heterocycles. The Morgan fingerprint density at radius 2 is 1.95 bits per heavy atom. The first kappa shape index (κ1) is 12.0. The lowest BCUT2D eigenvalue weighted by molar-refractivity contribution is 0.538. The van der Waals surface area contributed by atoms with E-state index in [2.05, 4.69) is 41.1 Å². The number of halogens is 1. The second-order valence-corrected chi connectivity index (χ2v) is 6.15. The van der Waals surface area contributed by atoms with Crippen molar-refractivity contribution in [3.8, 4) is 11.3 Å². The van der Waals surface area contributed by atoms with Crippen LogP contribution >= 0.6 is 15.9 Å². The second kappa shape index (κ2) is 4.13. The van der Waals surface area contributed by atoms with Crippen LogP contribution in [0.1, 0.15) is 24.0 Å². The van der Waals surface area contributed by atoms with E-state index in [-0.39, 0.29) is 0 Å². The van der Waals surface area contributed by atoms with Gasteiger partial charge in [0.1, 0.15) is 22.9 Å². The van der Waals surface area contributed by atoms with Crippen LogP contribution in [0.5, 0.6) is 0 Å². The molecular formula is C17H13BrO2. The van der Waals surface area contributed by atoms with Crippen LogP contribution in [0.25, 0.3) is 27.9 Å². The summed E-state index contributed by atoms with van der Waals surface area (Å²) in [6.45, 7) is 4.11. The lowest BCUT2D eigenvalue weighted by Gasteiger charge is -2.00. The first-order chi connectivity index (χ1) is 9.63. The highest BCUT2D eigenvalue weighted by atomic mass is 79.9. The Bertz CT molecular complexity index is 865. The number of allylic oxidation sites excluding steroid dienone is 2. The zero-order valence-electron chi connectivity index (χ0n) is 11.3. The number of rotatable bonds is 0. The smallest absolute Gasteiger partial charge is 0.145 e. The fourth-order valence-corrected chi connectivity index (χ4v) is 3.22. The van der Waals surface area contributed by atoms with Crippen molar-refractivity contribution in [1.82, 2.24) is 0 Å². The largest absolute Gasteiger partial charge is 0.461 e. The number of hydrogen-bond donors (Lipinski definition) is 0. The van der Waals surface area contributed by atoms with E-state index in [1.165, 1.54) is 11.1 Å². The van der Waals surface area contributed by atoms with Gasteiger partial charge in [-0.2, -0.15) is 0 Å². The predicted octanol–water partition coefficient (Wildman–Crippen LogP) is 5.72. The first-order valence-electron chi connectivity index (χ1n) is 6.62. The van der Waals surface area contributed by atoms with Crippen LogP contribution in [0, 0.1) is 6.92 Å². The van der Waals surface area contributed by atoms with Gasteiger partial charge in [-0.1, -0.05) is 22.0 Å². The van der Waals surface area contributed by atoms with Crippen molar-refractivity contribution >= 4 is 32.5 Å². The molecule has 3 heteroatoms. The first-order valence-corrected chi connectivity index (χ1v) is 7.41. The van der Waals surface area contributed by atoms with Crippen LogP contribution < -0.4 is 0 Å². The standard InChI is InChI=1S/C17H13BrO2/c1-9-3-5-15-16(17-12(9)7-10(2)19-17)13-8-11(18)4-6-14(13)20-15/h3-4,6-8H,5H2,1-2H3. The van der Waals surface area contributed by atoms with Gasteiger partial charge in [-0.25, -0.2) is 0 Å². The third-order valence-corrected chi connectivity index (χ3v) is 4.32. The van der Waals surface area contributed by atoms with Crippen LogP contribution in [-0.4, -0.2) is 0 Å². The van der Waals surface area contributed by atoms with E-state index in [1.807, 2.05) is 19.1 Å². The average Bonchev–Trinajstić information content (AvgIpc) is 2.92. The van der Waals surface area contributed by atoms with Gasteiger partial charge in [0.2, 0.25) is 0 Å². The van der Waals surface area contributed by atoms with E-state index in [0.29, 0.717) is 0 Å². The summed E-state index contributed by atoms with van der Waals surface area (Å²) in [6.07, 6.45) is 3.01. The molecule has 0 spiro atoms. The van der Waals surface area contributed by atoms with Crippen LogP contribution in [0.3, 0.4) is 0 Å². The summed E-state index contributed by atoms with van der Waals surface area (Å²) in [5, 5.41) is 1.10. The number of fused-ring (bicyclic) bond motifs is 5. The average molecular weight is 329 g/mol. The summed E-state index contributed by atoms with van der Waals surface area (Å²) < 4.78 is 13.0. The molecule has 1 aliphatic carbocycles. The SMILES string of the molecule is CC1=CCc2oc3ccc(Br)cc3c2-c2oc(C)cc21. The molecule has 2 heterocycles. The molecule has 0 bridgehead atoms. The Morgan fingerprint density at radius 1 is 1.10 bits per heavy atom. The number of benzene rings is 1. The summed E-state index contributed by atoms with van der Waals surface area (Å²) in [5.74, 6) is 2.84. The van der Waals surface area contributed by atoms with E-state index in [9.17, 15) is 0 Å². The maximum Gasteiger partial charge on any atom is 0.145 e.